The fourth-order valence-corrected chi connectivity index (χ4v) is 2.89. The van der Waals surface area contributed by atoms with Crippen molar-refractivity contribution in [3.05, 3.63) is 53.5 Å². The maximum Gasteiger partial charge on any atom is 0.224 e. The van der Waals surface area contributed by atoms with E-state index in [1.807, 2.05) is 31.2 Å². The van der Waals surface area contributed by atoms with Crippen molar-refractivity contribution in [1.82, 2.24) is 5.32 Å². The van der Waals surface area contributed by atoms with Gasteiger partial charge >= 0.3 is 0 Å². The zero-order valence-corrected chi connectivity index (χ0v) is 14.5. The minimum atomic E-state index is 0.0713. The van der Waals surface area contributed by atoms with Crippen molar-refractivity contribution in [1.29, 1.82) is 0 Å². The molecule has 1 saturated carbocycles. The topological polar surface area (TPSA) is 54.3 Å². The summed E-state index contributed by atoms with van der Waals surface area (Å²) in [7, 11) is 0. The summed E-state index contributed by atoms with van der Waals surface area (Å²) >= 11 is 0. The normalized spacial score (nSPS) is 19.2. The van der Waals surface area contributed by atoms with Crippen LogP contribution in [0.2, 0.25) is 0 Å². The van der Waals surface area contributed by atoms with Crippen LogP contribution < -0.4 is 10.6 Å². The lowest BCUT2D eigenvalue weighted by Crippen LogP contribution is -2.13. The van der Waals surface area contributed by atoms with Crippen LogP contribution in [0.3, 0.4) is 0 Å². The van der Waals surface area contributed by atoms with Crippen LogP contribution in [0.4, 0.5) is 5.69 Å². The molecule has 0 saturated heterocycles. The van der Waals surface area contributed by atoms with Crippen molar-refractivity contribution in [3.8, 4) is 0 Å². The summed E-state index contributed by atoms with van der Waals surface area (Å²) in [6, 6.07) is 12.1. The van der Waals surface area contributed by atoms with Gasteiger partial charge in [-0.05, 0) is 48.6 Å². The van der Waals surface area contributed by atoms with Gasteiger partial charge in [-0.25, -0.2) is 0 Å². The molecule has 0 bridgehead atoms. The van der Waals surface area contributed by atoms with Gasteiger partial charge in [0.05, 0.1) is 6.54 Å². The van der Waals surface area contributed by atoms with Gasteiger partial charge in [-0.1, -0.05) is 26.0 Å². The second kappa shape index (κ2) is 7.67. The molecule has 2 unspecified atom stereocenters. The lowest BCUT2D eigenvalue weighted by atomic mass is 10.2. The molecule has 2 N–H and O–H groups in total. The summed E-state index contributed by atoms with van der Waals surface area (Å²) in [5.74, 6) is 3.60. The first-order chi connectivity index (χ1) is 11.7. The number of furan rings is 1. The van der Waals surface area contributed by atoms with Gasteiger partial charge in [0, 0.05) is 24.6 Å². The first kappa shape index (κ1) is 16.8. The van der Waals surface area contributed by atoms with Gasteiger partial charge in [0.25, 0.3) is 0 Å². The van der Waals surface area contributed by atoms with Crippen molar-refractivity contribution in [3.63, 3.8) is 0 Å². The Kier molecular flexibility index (Phi) is 5.36. The highest BCUT2D eigenvalue weighted by molar-refractivity contribution is 5.90. The van der Waals surface area contributed by atoms with Crippen LogP contribution in [0.25, 0.3) is 0 Å². The highest BCUT2D eigenvalue weighted by atomic mass is 16.3. The number of carbonyl (C=O) groups is 1. The van der Waals surface area contributed by atoms with Crippen LogP contribution in [0.15, 0.2) is 40.8 Å². The van der Waals surface area contributed by atoms with Crippen LogP contribution in [0.1, 0.15) is 56.1 Å². The van der Waals surface area contributed by atoms with Crippen molar-refractivity contribution < 1.29 is 9.21 Å². The summed E-state index contributed by atoms with van der Waals surface area (Å²) in [4.78, 5) is 11.6. The van der Waals surface area contributed by atoms with E-state index < -0.39 is 0 Å². The summed E-state index contributed by atoms with van der Waals surface area (Å²) < 4.78 is 5.89. The minimum absolute atomic E-state index is 0.0713. The molecule has 1 fully saturated rings. The predicted molar refractivity (Wildman–Crippen MR) is 95.8 cm³/mol. The first-order valence-electron chi connectivity index (χ1n) is 8.84. The molecule has 3 rings (SSSR count). The van der Waals surface area contributed by atoms with E-state index in [-0.39, 0.29) is 5.91 Å². The monoisotopic (exact) mass is 326 g/mol. The number of carbonyl (C=O) groups excluding carboxylic acids is 1. The molecule has 1 amide bonds. The molecule has 1 heterocycles. The quantitative estimate of drug-likeness (QED) is 0.754. The van der Waals surface area contributed by atoms with E-state index in [0.717, 1.165) is 42.6 Å². The molecule has 4 nitrogen and oxygen atoms in total. The Labute approximate surface area is 143 Å². The van der Waals surface area contributed by atoms with Crippen molar-refractivity contribution in [2.24, 2.45) is 5.92 Å². The second-order valence-electron chi connectivity index (χ2n) is 6.72. The third kappa shape index (κ3) is 4.48. The minimum Gasteiger partial charge on any atom is -0.464 e. The highest BCUT2D eigenvalue weighted by Crippen LogP contribution is 2.47. The lowest BCUT2D eigenvalue weighted by Gasteiger charge is -2.07. The molecule has 128 valence electrons. The standard InChI is InChI=1S/C20H26N2O2/c1-3-4-20(23)22-16-7-5-15(6-8-16)12-21-13-17-9-10-19(24-17)18-11-14(18)2/h5-10,14,18,21H,3-4,11-13H2,1-2H3,(H,22,23). The number of amides is 1. The van der Waals surface area contributed by atoms with E-state index in [1.54, 1.807) is 0 Å². The maximum atomic E-state index is 11.6. The molecular formula is C20H26N2O2. The van der Waals surface area contributed by atoms with Gasteiger partial charge in [0.2, 0.25) is 5.91 Å². The van der Waals surface area contributed by atoms with Crippen LogP contribution >= 0.6 is 0 Å². The number of rotatable bonds is 8. The number of hydrogen-bond donors (Lipinski definition) is 2. The molecule has 1 aliphatic rings. The van der Waals surface area contributed by atoms with E-state index in [9.17, 15) is 4.79 Å². The van der Waals surface area contributed by atoms with Crippen LogP contribution in [-0.4, -0.2) is 5.91 Å². The lowest BCUT2D eigenvalue weighted by molar-refractivity contribution is -0.116. The molecule has 0 radical (unpaired) electrons. The van der Waals surface area contributed by atoms with E-state index in [1.165, 1.54) is 12.0 Å². The molecule has 0 aliphatic heterocycles. The zero-order chi connectivity index (χ0) is 16.9. The maximum absolute atomic E-state index is 11.6. The van der Waals surface area contributed by atoms with Crippen molar-refractivity contribution >= 4 is 11.6 Å². The van der Waals surface area contributed by atoms with Gasteiger partial charge in [0.15, 0.2) is 0 Å². The Balaban J connectivity index is 1.43. The summed E-state index contributed by atoms with van der Waals surface area (Å²) in [5, 5.41) is 6.30. The number of nitrogens with one attached hydrogen (secondary N) is 2. The van der Waals surface area contributed by atoms with Crippen LogP contribution in [0.5, 0.6) is 0 Å². The Hall–Kier alpha value is -2.07. The third-order valence-corrected chi connectivity index (χ3v) is 4.50. The molecule has 1 aromatic carbocycles. The second-order valence-corrected chi connectivity index (χ2v) is 6.72. The van der Waals surface area contributed by atoms with Gasteiger partial charge in [-0.2, -0.15) is 0 Å². The molecule has 2 atom stereocenters. The fourth-order valence-electron chi connectivity index (χ4n) is 2.89. The summed E-state index contributed by atoms with van der Waals surface area (Å²) in [6.45, 7) is 5.77. The first-order valence-corrected chi connectivity index (χ1v) is 8.84. The van der Waals surface area contributed by atoms with Crippen LogP contribution in [0, 0.1) is 5.92 Å². The fraction of sp³-hybridized carbons (Fsp3) is 0.450. The predicted octanol–water partition coefficient (Wildman–Crippen LogP) is 4.43. The molecule has 1 aliphatic carbocycles. The highest BCUT2D eigenvalue weighted by Gasteiger charge is 2.36. The van der Waals surface area contributed by atoms with Crippen molar-refractivity contribution in [2.45, 2.75) is 52.1 Å². The molecule has 4 heteroatoms. The van der Waals surface area contributed by atoms with E-state index in [2.05, 4.69) is 29.7 Å². The van der Waals surface area contributed by atoms with Gasteiger partial charge in [0.1, 0.15) is 11.5 Å². The van der Waals surface area contributed by atoms with Gasteiger partial charge in [-0.3, -0.25) is 4.79 Å². The van der Waals surface area contributed by atoms with Crippen LogP contribution in [-0.2, 0) is 17.9 Å². The molecular weight excluding hydrogens is 300 g/mol. The smallest absolute Gasteiger partial charge is 0.224 e. The summed E-state index contributed by atoms with van der Waals surface area (Å²) in [6.07, 6.45) is 2.68. The van der Waals surface area contributed by atoms with Gasteiger partial charge < -0.3 is 15.1 Å². The molecule has 24 heavy (non-hydrogen) atoms. The Morgan fingerprint density at radius 1 is 1.17 bits per heavy atom. The van der Waals surface area contributed by atoms with E-state index >= 15 is 0 Å². The number of benzene rings is 1. The average molecular weight is 326 g/mol. The third-order valence-electron chi connectivity index (χ3n) is 4.50. The average Bonchev–Trinajstić information content (AvgIpc) is 3.11. The summed E-state index contributed by atoms with van der Waals surface area (Å²) in [5.41, 5.74) is 2.04. The van der Waals surface area contributed by atoms with Gasteiger partial charge in [-0.15, -0.1) is 0 Å². The number of anilines is 1. The van der Waals surface area contributed by atoms with E-state index in [4.69, 9.17) is 4.42 Å². The Morgan fingerprint density at radius 3 is 2.58 bits per heavy atom. The number of hydrogen-bond acceptors (Lipinski definition) is 3. The van der Waals surface area contributed by atoms with Crippen molar-refractivity contribution in [2.75, 3.05) is 5.32 Å². The SMILES string of the molecule is CCCC(=O)Nc1ccc(CNCc2ccc(C3CC3C)o2)cc1. The molecule has 0 spiro atoms. The largest absolute Gasteiger partial charge is 0.464 e. The van der Waals surface area contributed by atoms with E-state index in [0.29, 0.717) is 12.3 Å². The molecule has 2 aromatic rings. The Bertz CT molecular complexity index is 675. The molecule has 1 aromatic heterocycles. The Morgan fingerprint density at radius 2 is 1.92 bits per heavy atom. The zero-order valence-electron chi connectivity index (χ0n) is 14.5.